The first-order valence-electron chi connectivity index (χ1n) is 13.9. The zero-order valence-electron chi connectivity index (χ0n) is 24.1. The van der Waals surface area contributed by atoms with Gasteiger partial charge in [0, 0.05) is 49.4 Å². The standard InChI is InChI=1S/C31H25BrN4O9/c1-13-8-14(4-7-23(13)37)25-16-5-6-17-26(18(16)11-19-27(25)24(38)12-20(32)29(19)39)31(41)34(30(17)40)15-9-21(35(42)43)28(33(2)3)22(10-15)36(44)45/h4-5,7-10,12,17-18,25-26,37H,6,11H2,1-3H3. The van der Waals surface area contributed by atoms with E-state index < -0.39 is 62.5 Å². The summed E-state index contributed by atoms with van der Waals surface area (Å²) in [6.45, 7) is 1.70. The molecule has 0 saturated carbocycles. The van der Waals surface area contributed by atoms with Crippen LogP contribution in [0.25, 0.3) is 0 Å². The summed E-state index contributed by atoms with van der Waals surface area (Å²) in [6.07, 6.45) is 3.13. The highest BCUT2D eigenvalue weighted by molar-refractivity contribution is 9.12. The van der Waals surface area contributed by atoms with Crippen LogP contribution in [0.4, 0.5) is 22.7 Å². The molecule has 230 valence electrons. The predicted octanol–water partition coefficient (Wildman–Crippen LogP) is 4.55. The van der Waals surface area contributed by atoms with E-state index in [1.807, 2.05) is 6.08 Å². The van der Waals surface area contributed by atoms with Gasteiger partial charge in [0.15, 0.2) is 17.3 Å². The van der Waals surface area contributed by atoms with Gasteiger partial charge in [-0.15, -0.1) is 0 Å². The quantitative estimate of drug-likeness (QED) is 0.155. The predicted molar refractivity (Wildman–Crippen MR) is 164 cm³/mol. The molecule has 2 amide bonds. The average molecular weight is 677 g/mol. The molecule has 4 unspecified atom stereocenters. The number of benzene rings is 2. The lowest BCUT2D eigenvalue weighted by molar-refractivity contribution is -0.392. The molecule has 1 heterocycles. The first kappa shape index (κ1) is 30.1. The summed E-state index contributed by atoms with van der Waals surface area (Å²) in [5.41, 5.74) is 0.470. The number of amides is 2. The Balaban J connectivity index is 1.49. The van der Waals surface area contributed by atoms with E-state index in [0.717, 1.165) is 17.0 Å². The van der Waals surface area contributed by atoms with E-state index in [0.29, 0.717) is 16.7 Å². The number of aromatic hydroxyl groups is 1. The van der Waals surface area contributed by atoms with Gasteiger partial charge in [-0.2, -0.15) is 0 Å². The van der Waals surface area contributed by atoms with E-state index in [9.17, 15) is 44.5 Å². The Morgan fingerprint density at radius 3 is 2.20 bits per heavy atom. The Labute approximate surface area is 263 Å². The van der Waals surface area contributed by atoms with Crippen LogP contribution in [0, 0.1) is 44.9 Å². The number of allylic oxidation sites excluding steroid dienone is 6. The van der Waals surface area contributed by atoms with Crippen molar-refractivity contribution < 1.29 is 34.1 Å². The number of carbonyl (C=O) groups is 4. The largest absolute Gasteiger partial charge is 0.508 e. The lowest BCUT2D eigenvalue weighted by Crippen LogP contribution is -2.39. The molecule has 4 atom stereocenters. The van der Waals surface area contributed by atoms with Crippen molar-refractivity contribution in [2.45, 2.75) is 25.7 Å². The number of hydrogen-bond acceptors (Lipinski definition) is 10. The highest BCUT2D eigenvalue weighted by atomic mass is 79.9. The number of phenols is 1. The molecule has 1 saturated heterocycles. The summed E-state index contributed by atoms with van der Waals surface area (Å²) >= 11 is 3.18. The van der Waals surface area contributed by atoms with Gasteiger partial charge in [-0.3, -0.25) is 39.4 Å². The average Bonchev–Trinajstić information content (AvgIpc) is 3.24. The first-order chi connectivity index (χ1) is 21.2. The normalized spacial score (nSPS) is 24.1. The maximum Gasteiger partial charge on any atom is 0.301 e. The molecule has 14 heteroatoms. The molecular weight excluding hydrogens is 652 g/mol. The number of nitro groups is 2. The molecule has 0 spiro atoms. The first-order valence-corrected chi connectivity index (χ1v) is 14.7. The number of ketones is 2. The molecule has 6 rings (SSSR count). The molecule has 45 heavy (non-hydrogen) atoms. The Morgan fingerprint density at radius 1 is 0.978 bits per heavy atom. The number of nitro benzene ring substituents is 2. The van der Waals surface area contributed by atoms with Gasteiger partial charge >= 0.3 is 11.4 Å². The van der Waals surface area contributed by atoms with Gasteiger partial charge in [-0.05, 0) is 58.8 Å². The Bertz CT molecular complexity index is 1860. The van der Waals surface area contributed by atoms with Crippen LogP contribution < -0.4 is 9.80 Å². The number of imide groups is 1. The van der Waals surface area contributed by atoms with E-state index in [1.165, 1.54) is 31.1 Å². The molecule has 1 aliphatic heterocycles. The van der Waals surface area contributed by atoms with Crippen molar-refractivity contribution in [3.05, 3.63) is 95.0 Å². The number of fused-ring (bicyclic) bond motifs is 3. The van der Waals surface area contributed by atoms with Crippen LogP contribution in [0.15, 0.2) is 63.7 Å². The number of rotatable bonds is 5. The molecule has 0 bridgehead atoms. The van der Waals surface area contributed by atoms with Crippen LogP contribution in [0.3, 0.4) is 0 Å². The van der Waals surface area contributed by atoms with Gasteiger partial charge in [0.1, 0.15) is 5.75 Å². The van der Waals surface area contributed by atoms with Crippen molar-refractivity contribution in [3.8, 4) is 5.75 Å². The Kier molecular flexibility index (Phi) is 7.07. The zero-order chi connectivity index (χ0) is 32.6. The molecular formula is C31H25BrN4O9. The molecule has 3 aliphatic carbocycles. The fourth-order valence-electron chi connectivity index (χ4n) is 7.15. The molecule has 1 N–H and O–H groups in total. The third-order valence-corrected chi connectivity index (χ3v) is 9.63. The number of phenolic OH excluding ortho intramolecular Hbond substituents is 1. The van der Waals surface area contributed by atoms with Crippen LogP contribution in [-0.4, -0.2) is 52.4 Å². The van der Waals surface area contributed by atoms with Crippen LogP contribution in [-0.2, 0) is 19.2 Å². The van der Waals surface area contributed by atoms with Gasteiger partial charge in [-0.25, -0.2) is 4.90 Å². The van der Waals surface area contributed by atoms with Gasteiger partial charge in [0.25, 0.3) is 0 Å². The topological polar surface area (TPSA) is 181 Å². The Morgan fingerprint density at radius 2 is 1.62 bits per heavy atom. The maximum absolute atomic E-state index is 14.2. The number of halogens is 1. The Hall–Kier alpha value is -4.98. The van der Waals surface area contributed by atoms with Crippen molar-refractivity contribution in [3.63, 3.8) is 0 Å². The van der Waals surface area contributed by atoms with E-state index in [1.54, 1.807) is 19.1 Å². The molecule has 0 radical (unpaired) electrons. The fourth-order valence-corrected chi connectivity index (χ4v) is 7.60. The zero-order valence-corrected chi connectivity index (χ0v) is 25.7. The smallest absolute Gasteiger partial charge is 0.301 e. The monoisotopic (exact) mass is 676 g/mol. The molecule has 0 aromatic heterocycles. The number of anilines is 2. The van der Waals surface area contributed by atoms with Gasteiger partial charge in [0.2, 0.25) is 11.8 Å². The second-order valence-electron chi connectivity index (χ2n) is 11.7. The second kappa shape index (κ2) is 10.6. The van der Waals surface area contributed by atoms with Crippen molar-refractivity contribution in [1.29, 1.82) is 0 Å². The van der Waals surface area contributed by atoms with Gasteiger partial charge < -0.3 is 10.0 Å². The number of carbonyl (C=O) groups excluding carboxylic acids is 4. The molecule has 2 aromatic carbocycles. The molecule has 2 aromatic rings. The summed E-state index contributed by atoms with van der Waals surface area (Å²) in [6, 6.07) is 6.82. The van der Waals surface area contributed by atoms with Crippen LogP contribution >= 0.6 is 15.9 Å². The summed E-state index contributed by atoms with van der Waals surface area (Å²) in [4.78, 5) is 79.2. The van der Waals surface area contributed by atoms with Gasteiger partial charge in [0.05, 0.1) is 31.9 Å². The minimum Gasteiger partial charge on any atom is -0.508 e. The van der Waals surface area contributed by atoms with Crippen molar-refractivity contribution in [2.75, 3.05) is 23.9 Å². The molecule has 1 fully saturated rings. The van der Waals surface area contributed by atoms with Gasteiger partial charge in [-0.1, -0.05) is 23.8 Å². The van der Waals surface area contributed by atoms with E-state index in [-0.39, 0.29) is 51.4 Å². The number of Topliss-reactive ketones (excluding diaryl/α,β-unsaturated/α-hetero) is 1. The third-order valence-electron chi connectivity index (χ3n) is 9.04. The molecule has 4 aliphatic rings. The fraction of sp³-hybridized carbons (Fsp3) is 0.290. The van der Waals surface area contributed by atoms with Crippen LogP contribution in [0.5, 0.6) is 5.75 Å². The lowest BCUT2D eigenvalue weighted by Gasteiger charge is -2.42. The minimum absolute atomic E-state index is 0.00383. The van der Waals surface area contributed by atoms with E-state index in [2.05, 4.69) is 15.9 Å². The van der Waals surface area contributed by atoms with Crippen molar-refractivity contribution in [1.82, 2.24) is 0 Å². The third kappa shape index (κ3) is 4.50. The summed E-state index contributed by atoms with van der Waals surface area (Å²) in [5, 5.41) is 34.1. The van der Waals surface area contributed by atoms with E-state index in [4.69, 9.17) is 0 Å². The number of hydrogen-bond donors (Lipinski definition) is 1. The summed E-state index contributed by atoms with van der Waals surface area (Å²) in [7, 11) is 2.82. The van der Waals surface area contributed by atoms with Crippen molar-refractivity contribution in [2.24, 2.45) is 17.8 Å². The highest BCUT2D eigenvalue weighted by Crippen LogP contribution is 2.56. The SMILES string of the molecule is Cc1cc(C2C3=CCC4C(=O)N(c5cc([N+](=O)[O-])c(N(C)C)c([N+](=O)[O-])c5)C(=O)C4C3CC3=C2C(=O)C=C(Br)C3=O)ccc1O. The maximum atomic E-state index is 14.2. The lowest BCUT2D eigenvalue weighted by atomic mass is 9.59. The minimum atomic E-state index is -0.994. The molecule has 13 nitrogen and oxygen atoms in total. The number of aryl methyl sites for hydroxylation is 1. The van der Waals surface area contributed by atoms with E-state index >= 15 is 0 Å². The number of nitrogens with zero attached hydrogens (tertiary/aromatic N) is 4. The van der Waals surface area contributed by atoms with Crippen molar-refractivity contribution >= 4 is 62.1 Å². The van der Waals surface area contributed by atoms with Crippen LogP contribution in [0.2, 0.25) is 0 Å². The summed E-state index contributed by atoms with van der Waals surface area (Å²) in [5.74, 6) is -5.41. The highest BCUT2D eigenvalue weighted by Gasteiger charge is 2.57. The van der Waals surface area contributed by atoms with Crippen LogP contribution in [0.1, 0.15) is 29.9 Å². The second-order valence-corrected chi connectivity index (χ2v) is 12.5. The summed E-state index contributed by atoms with van der Waals surface area (Å²) < 4.78 is 0.0720.